The summed E-state index contributed by atoms with van der Waals surface area (Å²) in [7, 11) is 0. The molecular weight excluding hydrogens is 443 g/mol. The van der Waals surface area contributed by atoms with Gasteiger partial charge in [0.1, 0.15) is 5.52 Å². The number of rotatable bonds is 5. The smallest absolute Gasteiger partial charge is 0.351 e. The number of halogens is 4. The van der Waals surface area contributed by atoms with Crippen LogP contribution in [0.15, 0.2) is 24.4 Å². The van der Waals surface area contributed by atoms with E-state index in [-0.39, 0.29) is 16.8 Å². The molecule has 0 amide bonds. The predicted molar refractivity (Wildman–Crippen MR) is 117 cm³/mol. The zero-order valence-corrected chi connectivity index (χ0v) is 18.0. The first kappa shape index (κ1) is 21.3. The van der Waals surface area contributed by atoms with Gasteiger partial charge in [-0.3, -0.25) is 4.57 Å². The van der Waals surface area contributed by atoms with Gasteiger partial charge in [-0.25, -0.2) is 9.97 Å². The molecule has 1 aromatic carbocycles. The second kappa shape index (κ2) is 8.40. The lowest BCUT2D eigenvalue weighted by atomic mass is 9.93. The van der Waals surface area contributed by atoms with Crippen LogP contribution in [0, 0.1) is 0 Å². The Balaban J connectivity index is 1.55. The van der Waals surface area contributed by atoms with Gasteiger partial charge in [-0.15, -0.1) is 0 Å². The van der Waals surface area contributed by atoms with Crippen molar-refractivity contribution < 1.29 is 13.2 Å². The lowest BCUT2D eigenvalue weighted by Gasteiger charge is -2.27. The van der Waals surface area contributed by atoms with Gasteiger partial charge in [0, 0.05) is 22.8 Å². The molecule has 0 spiro atoms. The molecule has 1 aliphatic carbocycles. The average molecular weight is 466 g/mol. The maximum Gasteiger partial charge on any atom is 0.416 e. The Hall–Kier alpha value is -2.59. The fraction of sp³-hybridized carbons (Fsp3) is 0.476. The maximum absolute atomic E-state index is 13.3. The van der Waals surface area contributed by atoms with E-state index >= 15 is 0 Å². The molecular formula is C21H23ClF3N7. The normalized spacial score (nSPS) is 18.0. The number of alkyl halides is 3. The number of imidazole rings is 1. The van der Waals surface area contributed by atoms with Gasteiger partial charge in [0.15, 0.2) is 5.65 Å². The van der Waals surface area contributed by atoms with E-state index in [2.05, 4.69) is 25.9 Å². The predicted octanol–water partition coefficient (Wildman–Crippen LogP) is 5.13. The number of nitrogens with one attached hydrogen (secondary N) is 3. The minimum atomic E-state index is -4.50. The molecule has 0 unspecified atom stereocenters. The van der Waals surface area contributed by atoms with E-state index in [1.54, 1.807) is 6.20 Å². The van der Waals surface area contributed by atoms with Gasteiger partial charge in [-0.05, 0) is 63.4 Å². The highest BCUT2D eigenvalue weighted by Gasteiger charge is 2.31. The second-order valence-electron chi connectivity index (χ2n) is 8.31. The SMILES string of the molecule is FC(F)(F)c1cc(Cl)cc(Nc2nc3cnc(NC4CCC4)nc3n2C2CCNCC2)c1. The van der Waals surface area contributed by atoms with Crippen molar-refractivity contribution in [1.29, 1.82) is 0 Å². The first-order valence-corrected chi connectivity index (χ1v) is 11.1. The summed E-state index contributed by atoms with van der Waals surface area (Å²) in [6, 6.07) is 3.89. The van der Waals surface area contributed by atoms with Crippen LogP contribution in [0.3, 0.4) is 0 Å². The van der Waals surface area contributed by atoms with Crippen LogP contribution in [-0.4, -0.2) is 38.7 Å². The van der Waals surface area contributed by atoms with Crippen LogP contribution < -0.4 is 16.0 Å². The number of benzene rings is 1. The molecule has 3 heterocycles. The van der Waals surface area contributed by atoms with Crippen molar-refractivity contribution in [3.8, 4) is 0 Å². The number of piperidine rings is 1. The highest BCUT2D eigenvalue weighted by atomic mass is 35.5. The molecule has 170 valence electrons. The zero-order valence-electron chi connectivity index (χ0n) is 17.2. The molecule has 0 radical (unpaired) electrons. The molecule has 7 nitrogen and oxygen atoms in total. The molecule has 2 aliphatic rings. The summed E-state index contributed by atoms with van der Waals surface area (Å²) in [5.74, 6) is 0.975. The number of fused-ring (bicyclic) bond motifs is 1. The van der Waals surface area contributed by atoms with Crippen LogP contribution >= 0.6 is 11.6 Å². The second-order valence-corrected chi connectivity index (χ2v) is 8.75. The van der Waals surface area contributed by atoms with Crippen LogP contribution in [0.2, 0.25) is 5.02 Å². The summed E-state index contributed by atoms with van der Waals surface area (Å²) in [4.78, 5) is 13.7. The van der Waals surface area contributed by atoms with Gasteiger partial charge in [0.25, 0.3) is 0 Å². The third-order valence-electron chi connectivity index (χ3n) is 6.03. The lowest BCUT2D eigenvalue weighted by molar-refractivity contribution is -0.137. The van der Waals surface area contributed by atoms with Gasteiger partial charge in [-0.1, -0.05) is 11.6 Å². The summed E-state index contributed by atoms with van der Waals surface area (Å²) < 4.78 is 41.8. The molecule has 5 rings (SSSR count). The maximum atomic E-state index is 13.3. The summed E-state index contributed by atoms with van der Waals surface area (Å²) in [6.07, 6.45) is 2.27. The summed E-state index contributed by atoms with van der Waals surface area (Å²) in [5.41, 5.74) is 0.650. The molecule has 1 saturated carbocycles. The molecule has 1 aliphatic heterocycles. The molecule has 3 aromatic rings. The van der Waals surface area contributed by atoms with Crippen LogP contribution in [0.1, 0.15) is 43.7 Å². The Kier molecular flexibility index (Phi) is 5.58. The van der Waals surface area contributed by atoms with Gasteiger partial charge < -0.3 is 16.0 Å². The van der Waals surface area contributed by atoms with Crippen molar-refractivity contribution in [3.05, 3.63) is 35.0 Å². The van der Waals surface area contributed by atoms with E-state index in [4.69, 9.17) is 16.6 Å². The standard InChI is InChI=1S/C21H23ClF3N7/c22-13-8-12(21(23,24)25)9-15(10-13)29-20-30-17-11-27-19(28-14-2-1-3-14)31-18(17)32(20)16-4-6-26-7-5-16/h8-11,14,16,26H,1-7H2,(H,29,30)(H,27,28,31). The van der Waals surface area contributed by atoms with Crippen molar-refractivity contribution in [2.75, 3.05) is 23.7 Å². The van der Waals surface area contributed by atoms with Gasteiger partial charge >= 0.3 is 6.18 Å². The Labute approximate surface area is 187 Å². The average Bonchev–Trinajstić information content (AvgIpc) is 3.07. The zero-order chi connectivity index (χ0) is 22.3. The highest BCUT2D eigenvalue weighted by Crippen LogP contribution is 2.35. The quantitative estimate of drug-likeness (QED) is 0.484. The van der Waals surface area contributed by atoms with E-state index < -0.39 is 11.7 Å². The molecule has 2 fully saturated rings. The van der Waals surface area contributed by atoms with Crippen molar-refractivity contribution in [2.45, 2.75) is 50.4 Å². The Morgan fingerprint density at radius 1 is 1.06 bits per heavy atom. The van der Waals surface area contributed by atoms with Crippen LogP contribution in [-0.2, 0) is 6.18 Å². The van der Waals surface area contributed by atoms with Gasteiger partial charge in [0.05, 0.1) is 11.8 Å². The highest BCUT2D eigenvalue weighted by molar-refractivity contribution is 6.31. The Bertz CT molecular complexity index is 1120. The number of nitrogens with zero attached hydrogens (tertiary/aromatic N) is 4. The molecule has 2 aromatic heterocycles. The largest absolute Gasteiger partial charge is 0.416 e. The molecule has 0 bridgehead atoms. The first-order valence-electron chi connectivity index (χ1n) is 10.7. The summed E-state index contributed by atoms with van der Waals surface area (Å²) in [6.45, 7) is 1.69. The van der Waals surface area contributed by atoms with Crippen LogP contribution in [0.5, 0.6) is 0 Å². The number of hydrogen-bond acceptors (Lipinski definition) is 6. The van der Waals surface area contributed by atoms with E-state index in [1.165, 1.54) is 12.5 Å². The first-order chi connectivity index (χ1) is 15.4. The molecule has 0 atom stereocenters. The van der Waals surface area contributed by atoms with Crippen LogP contribution in [0.4, 0.5) is 30.8 Å². The van der Waals surface area contributed by atoms with Gasteiger partial charge in [-0.2, -0.15) is 18.2 Å². The van der Waals surface area contributed by atoms with E-state index in [0.717, 1.165) is 50.9 Å². The minimum absolute atomic E-state index is 0.00127. The van der Waals surface area contributed by atoms with E-state index in [0.29, 0.717) is 29.1 Å². The third kappa shape index (κ3) is 4.33. The number of hydrogen-bond donors (Lipinski definition) is 3. The monoisotopic (exact) mass is 465 g/mol. The van der Waals surface area contributed by atoms with Crippen molar-refractivity contribution in [2.24, 2.45) is 0 Å². The summed E-state index contributed by atoms with van der Waals surface area (Å²) in [5, 5.41) is 9.74. The molecule has 11 heteroatoms. The van der Waals surface area contributed by atoms with Crippen molar-refractivity contribution >= 4 is 40.3 Å². The van der Waals surface area contributed by atoms with E-state index in [1.807, 2.05) is 4.57 Å². The molecule has 3 N–H and O–H groups in total. The molecule has 1 saturated heterocycles. The van der Waals surface area contributed by atoms with Crippen LogP contribution in [0.25, 0.3) is 11.2 Å². The van der Waals surface area contributed by atoms with Crippen molar-refractivity contribution in [3.63, 3.8) is 0 Å². The fourth-order valence-electron chi connectivity index (χ4n) is 4.15. The molecule has 32 heavy (non-hydrogen) atoms. The number of anilines is 3. The Morgan fingerprint density at radius 3 is 2.53 bits per heavy atom. The third-order valence-corrected chi connectivity index (χ3v) is 6.24. The van der Waals surface area contributed by atoms with Crippen molar-refractivity contribution in [1.82, 2.24) is 24.8 Å². The van der Waals surface area contributed by atoms with Gasteiger partial charge in [0.2, 0.25) is 11.9 Å². The summed E-state index contributed by atoms with van der Waals surface area (Å²) >= 11 is 5.97. The topological polar surface area (TPSA) is 79.7 Å². The lowest BCUT2D eigenvalue weighted by Crippen LogP contribution is -2.30. The fourth-order valence-corrected chi connectivity index (χ4v) is 4.38. The number of aromatic nitrogens is 4. The minimum Gasteiger partial charge on any atom is -0.351 e. The Morgan fingerprint density at radius 2 is 1.84 bits per heavy atom. The van der Waals surface area contributed by atoms with E-state index in [9.17, 15) is 13.2 Å².